The molecule has 2 aliphatic heterocycles. The molecule has 0 N–H and O–H groups in total. The van der Waals surface area contributed by atoms with Crippen molar-refractivity contribution >= 4 is 50.2 Å². The van der Waals surface area contributed by atoms with Crippen molar-refractivity contribution in [2.75, 3.05) is 39.3 Å². The standard InChI is InChI=1S/C19H25ClN4O3S3/c1-14-21-16(13-28-14)12-22-6-4-15(5-7-22)19(25)23-8-10-24(11-9-23)30(26,27)18-3-2-17(20)29-18/h2-3,13,15H,4-12H2,1H3. The van der Waals surface area contributed by atoms with Crippen molar-refractivity contribution in [3.63, 3.8) is 0 Å². The predicted molar refractivity (Wildman–Crippen MR) is 120 cm³/mol. The molecule has 0 radical (unpaired) electrons. The van der Waals surface area contributed by atoms with Gasteiger partial charge in [-0.3, -0.25) is 9.69 Å². The summed E-state index contributed by atoms with van der Waals surface area (Å²) in [6.45, 7) is 6.16. The molecule has 2 saturated heterocycles. The van der Waals surface area contributed by atoms with Gasteiger partial charge in [0.1, 0.15) is 4.21 Å². The van der Waals surface area contributed by atoms with Crippen LogP contribution in [-0.4, -0.2) is 72.7 Å². The van der Waals surface area contributed by atoms with Gasteiger partial charge in [-0.25, -0.2) is 13.4 Å². The average molecular weight is 489 g/mol. The average Bonchev–Trinajstić information content (AvgIpc) is 3.36. The molecule has 2 fully saturated rings. The summed E-state index contributed by atoms with van der Waals surface area (Å²) in [5, 5.41) is 3.18. The van der Waals surface area contributed by atoms with E-state index in [1.54, 1.807) is 23.5 Å². The third-order valence-corrected chi connectivity index (χ3v) is 10.1. The Morgan fingerprint density at radius 3 is 2.43 bits per heavy atom. The number of piperidine rings is 1. The minimum absolute atomic E-state index is 0.0256. The van der Waals surface area contributed by atoms with E-state index in [1.165, 1.54) is 4.31 Å². The highest BCUT2D eigenvalue weighted by Crippen LogP contribution is 2.29. The van der Waals surface area contributed by atoms with Crippen LogP contribution < -0.4 is 0 Å². The summed E-state index contributed by atoms with van der Waals surface area (Å²) in [5.74, 6) is 0.188. The van der Waals surface area contributed by atoms with Gasteiger partial charge < -0.3 is 4.90 Å². The summed E-state index contributed by atoms with van der Waals surface area (Å²) >= 11 is 8.62. The van der Waals surface area contributed by atoms with Crippen molar-refractivity contribution in [3.8, 4) is 0 Å². The Labute approximate surface area is 190 Å². The van der Waals surface area contributed by atoms with E-state index in [1.807, 2.05) is 11.8 Å². The lowest BCUT2D eigenvalue weighted by molar-refractivity contribution is -0.138. The van der Waals surface area contributed by atoms with Gasteiger partial charge in [0.25, 0.3) is 10.0 Å². The summed E-state index contributed by atoms with van der Waals surface area (Å²) in [6, 6.07) is 3.14. The molecule has 164 valence electrons. The maximum absolute atomic E-state index is 13.0. The first kappa shape index (κ1) is 22.2. The van der Waals surface area contributed by atoms with Crippen molar-refractivity contribution in [2.45, 2.75) is 30.5 Å². The van der Waals surface area contributed by atoms with E-state index < -0.39 is 10.0 Å². The molecule has 2 aromatic heterocycles. The largest absolute Gasteiger partial charge is 0.340 e. The molecule has 2 aliphatic rings. The number of aromatic nitrogens is 1. The molecular weight excluding hydrogens is 464 g/mol. The van der Waals surface area contributed by atoms with E-state index in [2.05, 4.69) is 15.3 Å². The van der Waals surface area contributed by atoms with E-state index in [-0.39, 0.29) is 16.0 Å². The lowest BCUT2D eigenvalue weighted by Crippen LogP contribution is -2.52. The third kappa shape index (κ3) is 4.89. The fourth-order valence-electron chi connectivity index (χ4n) is 4.02. The zero-order chi connectivity index (χ0) is 21.3. The zero-order valence-electron chi connectivity index (χ0n) is 16.8. The molecule has 2 aromatic rings. The lowest BCUT2D eigenvalue weighted by atomic mass is 9.95. The monoisotopic (exact) mass is 488 g/mol. The van der Waals surface area contributed by atoms with Crippen LogP contribution in [0.15, 0.2) is 21.7 Å². The van der Waals surface area contributed by atoms with Gasteiger partial charge in [-0.2, -0.15) is 4.31 Å². The number of thiophene rings is 1. The number of sulfonamides is 1. The number of piperazine rings is 1. The van der Waals surface area contributed by atoms with Gasteiger partial charge in [0.05, 0.1) is 15.0 Å². The Morgan fingerprint density at radius 1 is 1.17 bits per heavy atom. The van der Waals surface area contributed by atoms with Gasteiger partial charge >= 0.3 is 0 Å². The highest BCUT2D eigenvalue weighted by molar-refractivity contribution is 7.91. The van der Waals surface area contributed by atoms with Crippen LogP contribution in [0.2, 0.25) is 4.34 Å². The summed E-state index contributed by atoms with van der Waals surface area (Å²) < 4.78 is 27.6. The molecule has 30 heavy (non-hydrogen) atoms. The molecule has 0 aromatic carbocycles. The number of amides is 1. The molecule has 7 nitrogen and oxygen atoms in total. The summed E-state index contributed by atoms with van der Waals surface area (Å²) in [5.41, 5.74) is 1.10. The maximum Gasteiger partial charge on any atom is 0.252 e. The summed E-state index contributed by atoms with van der Waals surface area (Å²) in [6.07, 6.45) is 1.68. The fraction of sp³-hybridized carbons (Fsp3) is 0.579. The van der Waals surface area contributed by atoms with Crippen LogP contribution in [0.3, 0.4) is 0 Å². The second kappa shape index (κ2) is 9.22. The normalized spacial score (nSPS) is 20.0. The third-order valence-electron chi connectivity index (χ3n) is 5.68. The van der Waals surface area contributed by atoms with Gasteiger partial charge in [-0.15, -0.1) is 22.7 Å². The molecule has 0 saturated carbocycles. The molecule has 0 bridgehead atoms. The van der Waals surface area contributed by atoms with Gasteiger partial charge in [0.2, 0.25) is 5.91 Å². The number of carbonyl (C=O) groups is 1. The van der Waals surface area contributed by atoms with Crippen molar-refractivity contribution in [2.24, 2.45) is 5.92 Å². The molecule has 0 spiro atoms. The fourth-order valence-corrected chi connectivity index (χ4v) is 7.68. The molecule has 0 atom stereocenters. The number of thiazole rings is 1. The highest BCUT2D eigenvalue weighted by atomic mass is 35.5. The van der Waals surface area contributed by atoms with Gasteiger partial charge in [-0.1, -0.05) is 11.6 Å². The number of likely N-dealkylation sites (tertiary alicyclic amines) is 1. The smallest absolute Gasteiger partial charge is 0.252 e. The van der Waals surface area contributed by atoms with Crippen molar-refractivity contribution < 1.29 is 13.2 Å². The van der Waals surface area contributed by atoms with Crippen LogP contribution >= 0.6 is 34.3 Å². The SMILES string of the molecule is Cc1nc(CN2CCC(C(=O)N3CCN(S(=O)(=O)c4ccc(Cl)s4)CC3)CC2)cs1. The van der Waals surface area contributed by atoms with Gasteiger partial charge in [0, 0.05) is 44.0 Å². The summed E-state index contributed by atoms with van der Waals surface area (Å²) in [7, 11) is -3.53. The first-order valence-corrected chi connectivity index (χ1v) is 13.5. The van der Waals surface area contributed by atoms with Crippen molar-refractivity contribution in [1.82, 2.24) is 19.1 Å². The maximum atomic E-state index is 13.0. The first-order chi connectivity index (χ1) is 14.3. The predicted octanol–water partition coefficient (Wildman–Crippen LogP) is 2.91. The van der Waals surface area contributed by atoms with E-state index in [9.17, 15) is 13.2 Å². The Bertz CT molecular complexity index is 990. The number of aryl methyl sites for hydroxylation is 1. The Kier molecular flexibility index (Phi) is 6.81. The van der Waals surface area contributed by atoms with E-state index >= 15 is 0 Å². The molecule has 1 amide bonds. The molecule has 4 heterocycles. The second-order valence-electron chi connectivity index (χ2n) is 7.70. The van der Waals surface area contributed by atoms with E-state index in [4.69, 9.17) is 11.6 Å². The van der Waals surface area contributed by atoms with Gasteiger partial charge in [-0.05, 0) is 45.0 Å². The molecule has 4 rings (SSSR count). The number of rotatable bonds is 5. The highest BCUT2D eigenvalue weighted by Gasteiger charge is 2.34. The number of hydrogen-bond acceptors (Lipinski definition) is 7. The van der Waals surface area contributed by atoms with Crippen LogP contribution in [0.5, 0.6) is 0 Å². The molecule has 11 heteroatoms. The zero-order valence-corrected chi connectivity index (χ0v) is 20.0. The Morgan fingerprint density at radius 2 is 1.87 bits per heavy atom. The molecule has 0 unspecified atom stereocenters. The minimum atomic E-state index is -3.53. The van der Waals surface area contributed by atoms with Crippen LogP contribution in [0.1, 0.15) is 23.5 Å². The lowest BCUT2D eigenvalue weighted by Gasteiger charge is -2.38. The minimum Gasteiger partial charge on any atom is -0.340 e. The Balaban J connectivity index is 1.26. The quantitative estimate of drug-likeness (QED) is 0.647. The Hall–Kier alpha value is -1.04. The van der Waals surface area contributed by atoms with E-state index in [0.29, 0.717) is 30.5 Å². The van der Waals surface area contributed by atoms with Crippen LogP contribution in [-0.2, 0) is 21.4 Å². The van der Waals surface area contributed by atoms with Crippen molar-refractivity contribution in [3.05, 3.63) is 32.6 Å². The van der Waals surface area contributed by atoms with Crippen LogP contribution in [0.4, 0.5) is 0 Å². The number of carbonyl (C=O) groups excluding carboxylic acids is 1. The number of nitrogens with zero attached hydrogens (tertiary/aromatic N) is 4. The van der Waals surface area contributed by atoms with Crippen LogP contribution in [0, 0.1) is 12.8 Å². The number of hydrogen-bond donors (Lipinski definition) is 0. The van der Waals surface area contributed by atoms with Crippen LogP contribution in [0.25, 0.3) is 0 Å². The number of halogens is 1. The molecule has 0 aliphatic carbocycles. The van der Waals surface area contributed by atoms with Gasteiger partial charge in [0.15, 0.2) is 0 Å². The summed E-state index contributed by atoms with van der Waals surface area (Å²) in [4.78, 5) is 21.7. The van der Waals surface area contributed by atoms with Crippen molar-refractivity contribution in [1.29, 1.82) is 0 Å². The molecular formula is C19H25ClN4O3S3. The second-order valence-corrected chi connectivity index (χ2v) is 12.6. The first-order valence-electron chi connectivity index (χ1n) is 10.0. The topological polar surface area (TPSA) is 73.8 Å². The van der Waals surface area contributed by atoms with E-state index in [0.717, 1.165) is 54.5 Å².